The van der Waals surface area contributed by atoms with Gasteiger partial charge in [-0.3, -0.25) is 4.79 Å². The normalized spacial score (nSPS) is 13.3. The van der Waals surface area contributed by atoms with E-state index in [1.807, 2.05) is 6.07 Å². The van der Waals surface area contributed by atoms with Crippen LogP contribution < -0.4 is 5.32 Å². The standard InChI is InChI=1S/C17H16FNO3S/c18-12-6-2-3-7-13(12)19-16(20)10-22-17(21)15-9-11-5-1-4-8-14(11)23-15/h2-3,6-7,9H,1,4-5,8,10H2,(H,19,20). The molecule has 23 heavy (non-hydrogen) atoms. The lowest BCUT2D eigenvalue weighted by Gasteiger charge is -2.08. The molecule has 1 aliphatic rings. The van der Waals surface area contributed by atoms with Gasteiger partial charge in [0.2, 0.25) is 0 Å². The largest absolute Gasteiger partial charge is 0.451 e. The van der Waals surface area contributed by atoms with Crippen LogP contribution in [-0.4, -0.2) is 18.5 Å². The van der Waals surface area contributed by atoms with Gasteiger partial charge in [-0.05, 0) is 49.4 Å². The molecular formula is C17H16FNO3S. The molecule has 0 spiro atoms. The quantitative estimate of drug-likeness (QED) is 0.871. The van der Waals surface area contributed by atoms with Crippen molar-refractivity contribution in [2.24, 2.45) is 0 Å². The number of nitrogens with one attached hydrogen (secondary N) is 1. The second kappa shape index (κ2) is 6.91. The summed E-state index contributed by atoms with van der Waals surface area (Å²) in [6.45, 7) is -0.435. The summed E-state index contributed by atoms with van der Waals surface area (Å²) in [6, 6.07) is 7.70. The molecule has 0 bridgehead atoms. The molecule has 0 fully saturated rings. The number of hydrogen-bond acceptors (Lipinski definition) is 4. The summed E-state index contributed by atoms with van der Waals surface area (Å²) in [5.41, 5.74) is 1.28. The van der Waals surface area contributed by atoms with Gasteiger partial charge in [-0.2, -0.15) is 0 Å². The Bertz CT molecular complexity index is 718. The number of para-hydroxylation sites is 1. The summed E-state index contributed by atoms with van der Waals surface area (Å²) < 4.78 is 18.4. The predicted octanol–water partition coefficient (Wildman–Crippen LogP) is 3.56. The van der Waals surface area contributed by atoms with Crippen molar-refractivity contribution in [2.75, 3.05) is 11.9 Å². The molecular weight excluding hydrogens is 317 g/mol. The maximum absolute atomic E-state index is 13.4. The molecule has 0 aliphatic heterocycles. The van der Waals surface area contributed by atoms with Gasteiger partial charge in [-0.15, -0.1) is 11.3 Å². The molecule has 0 unspecified atom stereocenters. The van der Waals surface area contributed by atoms with Crippen molar-refractivity contribution in [1.82, 2.24) is 0 Å². The first kappa shape index (κ1) is 15.7. The van der Waals surface area contributed by atoms with E-state index >= 15 is 0 Å². The van der Waals surface area contributed by atoms with Crippen molar-refractivity contribution in [3.63, 3.8) is 0 Å². The van der Waals surface area contributed by atoms with Gasteiger partial charge in [-0.1, -0.05) is 12.1 Å². The van der Waals surface area contributed by atoms with Crippen molar-refractivity contribution in [3.8, 4) is 0 Å². The van der Waals surface area contributed by atoms with Crippen LogP contribution in [0.5, 0.6) is 0 Å². The van der Waals surface area contributed by atoms with E-state index in [-0.39, 0.29) is 5.69 Å². The van der Waals surface area contributed by atoms with Gasteiger partial charge < -0.3 is 10.1 Å². The van der Waals surface area contributed by atoms with Crippen LogP contribution in [0.25, 0.3) is 0 Å². The molecule has 2 aromatic rings. The number of esters is 1. The zero-order valence-corrected chi connectivity index (χ0v) is 13.2. The zero-order chi connectivity index (χ0) is 16.2. The van der Waals surface area contributed by atoms with Crippen LogP contribution in [0.2, 0.25) is 0 Å². The average molecular weight is 333 g/mol. The molecule has 1 heterocycles. The first-order valence-corrected chi connectivity index (χ1v) is 8.28. The first-order chi connectivity index (χ1) is 11.1. The number of carbonyl (C=O) groups is 2. The smallest absolute Gasteiger partial charge is 0.348 e. The number of amides is 1. The van der Waals surface area contributed by atoms with Crippen LogP contribution >= 0.6 is 11.3 Å². The van der Waals surface area contributed by atoms with E-state index in [4.69, 9.17) is 4.74 Å². The third-order valence-corrected chi connectivity index (χ3v) is 4.90. The Morgan fingerprint density at radius 3 is 2.78 bits per heavy atom. The number of thiophene rings is 1. The van der Waals surface area contributed by atoms with Gasteiger partial charge >= 0.3 is 5.97 Å². The predicted molar refractivity (Wildman–Crippen MR) is 86.3 cm³/mol. The summed E-state index contributed by atoms with van der Waals surface area (Å²) in [6.07, 6.45) is 4.28. The SMILES string of the molecule is O=C(COC(=O)c1cc2c(s1)CCCC2)Nc1ccccc1F. The van der Waals surface area contributed by atoms with Gasteiger partial charge in [0, 0.05) is 4.88 Å². The average Bonchev–Trinajstić information content (AvgIpc) is 2.99. The van der Waals surface area contributed by atoms with Gasteiger partial charge in [0.1, 0.15) is 10.7 Å². The van der Waals surface area contributed by atoms with Gasteiger partial charge in [0.25, 0.3) is 5.91 Å². The lowest BCUT2D eigenvalue weighted by Crippen LogP contribution is -2.21. The summed E-state index contributed by atoms with van der Waals surface area (Å²) in [5.74, 6) is -1.60. The van der Waals surface area contributed by atoms with Crippen molar-refractivity contribution in [2.45, 2.75) is 25.7 Å². The van der Waals surface area contributed by atoms with Crippen LogP contribution in [0.1, 0.15) is 33.0 Å². The number of benzene rings is 1. The molecule has 1 N–H and O–H groups in total. The second-order valence-electron chi connectivity index (χ2n) is 5.37. The molecule has 3 rings (SSSR count). The molecule has 0 atom stereocenters. The highest BCUT2D eigenvalue weighted by Crippen LogP contribution is 2.30. The Balaban J connectivity index is 1.55. The number of carbonyl (C=O) groups excluding carboxylic acids is 2. The number of aryl methyl sites for hydroxylation is 2. The first-order valence-electron chi connectivity index (χ1n) is 7.46. The Morgan fingerprint density at radius 2 is 2.00 bits per heavy atom. The fourth-order valence-electron chi connectivity index (χ4n) is 2.54. The van der Waals surface area contributed by atoms with Crippen LogP contribution in [0, 0.1) is 5.82 Å². The van der Waals surface area contributed by atoms with E-state index in [0.29, 0.717) is 4.88 Å². The van der Waals surface area contributed by atoms with E-state index in [1.165, 1.54) is 40.0 Å². The fourth-order valence-corrected chi connectivity index (χ4v) is 3.69. The number of rotatable bonds is 4. The lowest BCUT2D eigenvalue weighted by atomic mass is 9.99. The van der Waals surface area contributed by atoms with E-state index in [1.54, 1.807) is 6.07 Å². The molecule has 4 nitrogen and oxygen atoms in total. The third kappa shape index (κ3) is 3.76. The Morgan fingerprint density at radius 1 is 1.22 bits per heavy atom. The molecule has 0 saturated heterocycles. The highest BCUT2D eigenvalue weighted by Gasteiger charge is 2.19. The topological polar surface area (TPSA) is 55.4 Å². The summed E-state index contributed by atoms with van der Waals surface area (Å²) in [7, 11) is 0. The highest BCUT2D eigenvalue weighted by molar-refractivity contribution is 7.14. The molecule has 6 heteroatoms. The minimum absolute atomic E-state index is 0.0696. The molecule has 1 aromatic heterocycles. The van der Waals surface area contributed by atoms with Crippen molar-refractivity contribution in [1.29, 1.82) is 0 Å². The fraction of sp³-hybridized carbons (Fsp3) is 0.294. The van der Waals surface area contributed by atoms with Crippen molar-refractivity contribution in [3.05, 3.63) is 51.5 Å². The zero-order valence-electron chi connectivity index (χ0n) is 12.4. The van der Waals surface area contributed by atoms with E-state index in [0.717, 1.165) is 25.7 Å². The summed E-state index contributed by atoms with van der Waals surface area (Å²) in [5, 5.41) is 2.38. The minimum Gasteiger partial charge on any atom is -0.451 e. The number of halogens is 1. The van der Waals surface area contributed by atoms with Crippen LogP contribution in [0.15, 0.2) is 30.3 Å². The second-order valence-corrected chi connectivity index (χ2v) is 6.51. The van der Waals surface area contributed by atoms with Crippen LogP contribution in [-0.2, 0) is 22.4 Å². The van der Waals surface area contributed by atoms with E-state index < -0.39 is 24.3 Å². The maximum atomic E-state index is 13.4. The minimum atomic E-state index is -0.565. The van der Waals surface area contributed by atoms with Gasteiger partial charge in [0.15, 0.2) is 6.61 Å². The molecule has 0 saturated carbocycles. The monoisotopic (exact) mass is 333 g/mol. The molecule has 1 aliphatic carbocycles. The molecule has 1 amide bonds. The Labute approximate surface area is 137 Å². The number of ether oxygens (including phenoxy) is 1. The van der Waals surface area contributed by atoms with Crippen molar-refractivity contribution >= 4 is 28.9 Å². The van der Waals surface area contributed by atoms with E-state index in [9.17, 15) is 14.0 Å². The van der Waals surface area contributed by atoms with Crippen LogP contribution in [0.3, 0.4) is 0 Å². The highest BCUT2D eigenvalue weighted by atomic mass is 32.1. The Hall–Kier alpha value is -2.21. The molecule has 0 radical (unpaired) electrons. The summed E-state index contributed by atoms with van der Waals surface area (Å²) in [4.78, 5) is 25.5. The van der Waals surface area contributed by atoms with Crippen molar-refractivity contribution < 1.29 is 18.7 Å². The lowest BCUT2D eigenvalue weighted by molar-refractivity contribution is -0.119. The van der Waals surface area contributed by atoms with E-state index in [2.05, 4.69) is 5.32 Å². The van der Waals surface area contributed by atoms with Crippen LogP contribution in [0.4, 0.5) is 10.1 Å². The number of hydrogen-bond donors (Lipinski definition) is 1. The summed E-state index contributed by atoms with van der Waals surface area (Å²) >= 11 is 1.44. The van der Waals surface area contributed by atoms with Gasteiger partial charge in [0.05, 0.1) is 5.69 Å². The van der Waals surface area contributed by atoms with Gasteiger partial charge in [-0.25, -0.2) is 9.18 Å². The number of fused-ring (bicyclic) bond motifs is 1. The molecule has 1 aromatic carbocycles. The maximum Gasteiger partial charge on any atom is 0.348 e. The molecule has 120 valence electrons. The number of anilines is 1. The third-order valence-electron chi connectivity index (χ3n) is 3.68. The Kier molecular flexibility index (Phi) is 4.71.